The maximum absolute atomic E-state index is 14.3. The Labute approximate surface area is 856 Å². The minimum absolute atomic E-state index is 0.0154. The molecule has 4 heterocycles. The first kappa shape index (κ1) is 107. The van der Waals surface area contributed by atoms with E-state index in [9.17, 15) is 67.6 Å². The number of rotatable bonds is 30. The fourth-order valence-corrected chi connectivity index (χ4v) is 20.1. The van der Waals surface area contributed by atoms with E-state index in [-0.39, 0.29) is 60.2 Å². The predicted molar refractivity (Wildman–Crippen MR) is 565 cm³/mol. The highest BCUT2D eigenvalue weighted by molar-refractivity contribution is 7.87. The lowest BCUT2D eigenvalue weighted by Gasteiger charge is -2.43. The second-order valence-electron chi connectivity index (χ2n) is 37.8. The maximum Gasteiger partial charge on any atom is 0.434 e. The molecule has 2 amide bonds. The van der Waals surface area contributed by atoms with E-state index in [1.165, 1.54) is 96.8 Å². The van der Waals surface area contributed by atoms with Crippen LogP contribution in [0, 0.1) is 31.1 Å². The Morgan fingerprint density at radius 2 is 0.660 bits per heavy atom. The lowest BCUT2D eigenvalue weighted by Crippen LogP contribution is -2.52. The third-order valence-corrected chi connectivity index (χ3v) is 29.2. The van der Waals surface area contributed by atoms with Crippen LogP contribution >= 0.6 is 11.6 Å². The van der Waals surface area contributed by atoms with Gasteiger partial charge in [0.05, 0.1) is 71.6 Å². The van der Waals surface area contributed by atoms with Gasteiger partial charge in [0, 0.05) is 62.6 Å². The summed E-state index contributed by atoms with van der Waals surface area (Å²) < 4.78 is 134. The molecule has 2 saturated heterocycles. The number of nitro groups is 2. The van der Waals surface area contributed by atoms with Crippen LogP contribution in [0.4, 0.5) is 19.7 Å². The molecule has 147 heavy (non-hydrogen) atoms. The molecule has 0 radical (unpaired) electrons. The summed E-state index contributed by atoms with van der Waals surface area (Å²) in [5.74, 6) is -2.69. The number of hydrogen-bond acceptors (Lipinski definition) is 22. The van der Waals surface area contributed by atoms with Gasteiger partial charge in [-0.05, 0) is 240 Å². The number of hydrogen-bond donors (Lipinski definition) is 1. The van der Waals surface area contributed by atoms with Crippen molar-refractivity contribution in [2.24, 2.45) is 10.8 Å². The third kappa shape index (κ3) is 27.9. The summed E-state index contributed by atoms with van der Waals surface area (Å²) in [6.07, 6.45) is 5.77. The number of fused-ring (bicyclic) bond motifs is 6. The number of nitrogens with zero attached hydrogens (tertiary/aromatic N) is 8. The van der Waals surface area contributed by atoms with Crippen molar-refractivity contribution in [3.63, 3.8) is 0 Å². The summed E-state index contributed by atoms with van der Waals surface area (Å²) in [7, 11) is -15.6. The van der Waals surface area contributed by atoms with Crippen molar-refractivity contribution in [1.82, 2.24) is 34.2 Å². The van der Waals surface area contributed by atoms with E-state index in [1.807, 2.05) is 184 Å². The number of nitrogens with one attached hydrogen (secondary N) is 1. The summed E-state index contributed by atoms with van der Waals surface area (Å²) in [6.45, 7) is 17.8. The zero-order valence-corrected chi connectivity index (χ0v) is 85.8. The fraction of sp³-hybridized carbons (Fsp3) is 0.223. The van der Waals surface area contributed by atoms with Crippen LogP contribution in [0.25, 0.3) is 64.6 Å². The molecule has 758 valence electrons. The first-order valence-corrected chi connectivity index (χ1v) is 55.0. The van der Waals surface area contributed by atoms with Crippen molar-refractivity contribution >= 4 is 144 Å². The summed E-state index contributed by atoms with van der Waals surface area (Å²) in [4.78, 5) is 70.0. The number of carbonyl (C=O) groups is 3. The number of halogens is 3. The molecule has 0 spiro atoms. The van der Waals surface area contributed by atoms with Gasteiger partial charge < -0.3 is 58.7 Å². The van der Waals surface area contributed by atoms with Crippen LogP contribution in [0.1, 0.15) is 92.1 Å². The topological polar surface area (TPSA) is 349 Å². The van der Waals surface area contributed by atoms with Gasteiger partial charge >= 0.3 is 32.3 Å². The molecule has 28 nitrogen and oxygen atoms in total. The standard InChI is InChI=1S/C40H38N4O8S.C29H22FNO3S.C22H19N.C14H25N3O5Si.C7H4ClFO3S/c1-39(2)50-26-40(27-51-39,25-42-22-21-41-38(42)44(46)47)28-52-53(48,49)34-19-17-31(18-20-34)37(45)43(23-32-13-7-11-29-9-3-5-15-35(29)32)24-33-14-8-12-30-10-4-6-16-36(30)33;30-35(33,34)26-17-15-23(16-18-26)29(32)31(19-24-11-5-9-21-7-1-3-13-27(21)24)20-25-12-6-10-22-8-2-4-14-28(22)25;1-3-13-21-17(7-1)9-5-11-19(21)15-23-16-20-12-6-10-18-8-2-4-14-22(18)20;1-13(2)20-9-14(10-21-13,11-22-23(3,4)5)8-16-7-6-15-12(16)17(18)19;8-7(10)5-1-3-6(4-2-5)13(9,11)12/h3-22H,23-28H2,1-2H3;1-18H,19-20H2;1-14,23H,15-16H2;6-7H,8-11H2,1-5H3;1-4H. The molecule has 2 aromatic heterocycles. The molecule has 2 aliphatic heterocycles. The van der Waals surface area contributed by atoms with Crippen molar-refractivity contribution < 1.29 is 84.8 Å². The lowest BCUT2D eigenvalue weighted by molar-refractivity contribution is -0.397. The van der Waals surface area contributed by atoms with Crippen molar-refractivity contribution in [1.29, 1.82) is 0 Å². The second-order valence-corrected chi connectivity index (χ2v) is 46.9. The van der Waals surface area contributed by atoms with Gasteiger partial charge in [0.15, 0.2) is 19.9 Å². The van der Waals surface area contributed by atoms with Gasteiger partial charge in [0.25, 0.3) is 27.2 Å². The average molecular weight is 2080 g/mol. The maximum atomic E-state index is 14.3. The van der Waals surface area contributed by atoms with Crippen molar-refractivity contribution in [3.05, 3.63) is 423 Å². The van der Waals surface area contributed by atoms with Gasteiger partial charge in [-0.25, -0.2) is 9.13 Å². The molecule has 2 fully saturated rings. The first-order valence-electron chi connectivity index (χ1n) is 47.1. The van der Waals surface area contributed by atoms with Gasteiger partial charge in [-0.1, -0.05) is 265 Å². The molecule has 0 saturated carbocycles. The summed E-state index contributed by atoms with van der Waals surface area (Å²) in [6, 6.07) is 101. The Morgan fingerprint density at radius 3 is 0.946 bits per heavy atom. The highest BCUT2D eigenvalue weighted by atomic mass is 35.5. The molecule has 17 aromatic rings. The van der Waals surface area contributed by atoms with Crippen LogP contribution in [-0.4, -0.2) is 141 Å². The Bertz CT molecular complexity index is 7730. The van der Waals surface area contributed by atoms with Gasteiger partial charge in [0.1, 0.15) is 24.8 Å². The smallest absolute Gasteiger partial charge is 0.417 e. The molecule has 15 aromatic carbocycles. The van der Waals surface area contributed by atoms with Gasteiger partial charge in [-0.3, -0.25) is 18.6 Å². The zero-order chi connectivity index (χ0) is 104. The SMILES string of the molecule is CC1(C)OCC(COS(=O)(=O)c2ccc(C(=O)N(Cc3cccc4ccccc34)Cc3cccc4ccccc34)cc2)(Cn2ccnc2[N+](=O)[O-])CO1.CC1(C)OCC(CO[Si](C)(C)C)(Cn2ccnc2[N+](=O)[O-])CO1.O=C(Cl)c1ccc(S(=O)(=O)F)cc1.O=C(c1ccc(S(=O)(=O)F)cc1)N(Cc1cccc2ccccc12)Cc1cccc2ccccc12.c1ccc2c(CNCc3cccc4ccccc34)cccc2c1. The number of aromatic nitrogens is 4. The molecule has 0 unspecified atom stereocenters. The minimum atomic E-state index is -4.84. The molecule has 0 atom stereocenters. The van der Waals surface area contributed by atoms with E-state index < -0.39 is 92.1 Å². The number of imidazole rings is 2. The minimum Gasteiger partial charge on any atom is -0.417 e. The van der Waals surface area contributed by atoms with Crippen molar-refractivity contribution in [2.45, 2.75) is 126 Å². The monoisotopic (exact) mass is 2080 g/mol. The van der Waals surface area contributed by atoms with E-state index >= 15 is 0 Å². The summed E-state index contributed by atoms with van der Waals surface area (Å²) >= 11 is 5.09. The van der Waals surface area contributed by atoms with Crippen LogP contribution in [0.2, 0.25) is 19.6 Å². The number of benzene rings is 15. The van der Waals surface area contributed by atoms with Gasteiger partial charge in [-0.15, -0.1) is 7.77 Å². The van der Waals surface area contributed by atoms with E-state index in [1.54, 1.807) is 29.8 Å². The third-order valence-electron chi connectivity index (χ3n) is 25.0. The first-order chi connectivity index (χ1) is 70.2. The van der Waals surface area contributed by atoms with Crippen LogP contribution in [0.5, 0.6) is 0 Å². The molecule has 0 bridgehead atoms. The number of carbonyl (C=O) groups excluding carboxylic acids is 3. The molecule has 0 aliphatic carbocycles. The lowest BCUT2D eigenvalue weighted by atomic mass is 9.89. The average Bonchev–Trinajstić information content (AvgIpc) is 1.77. The second kappa shape index (κ2) is 46.6. The van der Waals surface area contributed by atoms with Crippen LogP contribution in [0.15, 0.2) is 367 Å². The molecule has 35 heteroatoms. The van der Waals surface area contributed by atoms with E-state index in [4.69, 9.17) is 39.2 Å². The molecular formula is C112H108ClF2N9O19S3Si. The molecular weight excluding hydrogens is 1970 g/mol. The highest BCUT2D eigenvalue weighted by Crippen LogP contribution is 2.38. The van der Waals surface area contributed by atoms with Crippen molar-refractivity contribution in [2.75, 3.05) is 39.6 Å². The van der Waals surface area contributed by atoms with E-state index in [0.717, 1.165) is 115 Å². The van der Waals surface area contributed by atoms with Crippen LogP contribution in [-0.2, 0) is 110 Å². The quantitative estimate of drug-likeness (QED) is 0.0144. The Morgan fingerprint density at radius 1 is 0.395 bits per heavy atom. The van der Waals surface area contributed by atoms with Gasteiger partial charge in [-0.2, -0.15) is 25.3 Å². The summed E-state index contributed by atoms with van der Waals surface area (Å²) in [5, 5.41) is 39.3. The molecule has 19 rings (SSSR count). The van der Waals surface area contributed by atoms with Crippen LogP contribution < -0.4 is 5.32 Å². The zero-order valence-electron chi connectivity index (χ0n) is 81.6. The Balaban J connectivity index is 0.000000149. The van der Waals surface area contributed by atoms with E-state index in [2.05, 4.69) is 120 Å². The summed E-state index contributed by atoms with van der Waals surface area (Å²) in [5.41, 5.74) is 5.83. The fourth-order valence-electron chi connectivity index (χ4n) is 17.3. The molecule has 1 N–H and O–H groups in total. The normalized spacial score (nSPS) is 14.2. The van der Waals surface area contributed by atoms with Crippen LogP contribution in [0.3, 0.4) is 0 Å². The number of amides is 2. The highest BCUT2D eigenvalue weighted by Gasteiger charge is 2.46. The largest absolute Gasteiger partial charge is 0.434 e. The molecule has 2 aliphatic rings. The Hall–Kier alpha value is -14.4. The van der Waals surface area contributed by atoms with E-state index in [0.29, 0.717) is 58.1 Å². The Kier molecular flexibility index (Phi) is 33.9. The number of ether oxygens (including phenoxy) is 4. The predicted octanol–water partition coefficient (Wildman–Crippen LogP) is 23.0. The van der Waals surface area contributed by atoms with Crippen molar-refractivity contribution in [3.8, 4) is 0 Å². The van der Waals surface area contributed by atoms with Gasteiger partial charge in [0.2, 0.25) is 0 Å².